The minimum absolute atomic E-state index is 0.482. The summed E-state index contributed by atoms with van der Waals surface area (Å²) in [4.78, 5) is 11.2. The van der Waals surface area contributed by atoms with Crippen LogP contribution in [0.5, 0.6) is 0 Å². The minimum atomic E-state index is -0.482. The number of hydrazine groups is 1. The summed E-state index contributed by atoms with van der Waals surface area (Å²) in [5.74, 6) is 0. The first-order valence-electron chi connectivity index (χ1n) is 4.36. The summed E-state index contributed by atoms with van der Waals surface area (Å²) in [5.41, 5.74) is 7.11. The number of benzene rings is 1. The first-order valence-corrected chi connectivity index (χ1v) is 4.36. The molecule has 0 saturated carbocycles. The molecule has 0 bridgehead atoms. The van der Waals surface area contributed by atoms with Crippen LogP contribution in [0.15, 0.2) is 24.3 Å². The van der Waals surface area contributed by atoms with Gasteiger partial charge < -0.3 is 5.73 Å². The lowest BCUT2D eigenvalue weighted by Crippen LogP contribution is -2.45. The molecule has 0 spiro atoms. The summed E-state index contributed by atoms with van der Waals surface area (Å²) in [6.07, 6.45) is 0. The lowest BCUT2D eigenvalue weighted by molar-refractivity contribution is 0.239. The normalized spacial score (nSPS) is 10.3. The molecule has 0 atom stereocenters. The highest BCUT2D eigenvalue weighted by Crippen LogP contribution is 2.19. The van der Waals surface area contributed by atoms with Crippen molar-refractivity contribution in [3.8, 4) is 0 Å². The number of carbonyl (C=O) groups is 1. The summed E-state index contributed by atoms with van der Waals surface area (Å²) >= 11 is 0. The molecule has 0 aromatic heterocycles. The van der Waals surface area contributed by atoms with Crippen LogP contribution >= 0.6 is 0 Å². The summed E-state index contributed by atoms with van der Waals surface area (Å²) in [7, 11) is 3.55. The molecule has 0 aliphatic carbocycles. The Labute approximate surface area is 83.9 Å². The van der Waals surface area contributed by atoms with Crippen molar-refractivity contribution >= 4 is 11.7 Å². The summed E-state index contributed by atoms with van der Waals surface area (Å²) in [5, 5.41) is 3.08. The van der Waals surface area contributed by atoms with E-state index < -0.39 is 6.03 Å². The van der Waals surface area contributed by atoms with Crippen LogP contribution in [-0.4, -0.2) is 25.1 Å². The Balaban J connectivity index is 3.12. The van der Waals surface area contributed by atoms with Crippen molar-refractivity contribution in [1.29, 1.82) is 0 Å². The zero-order chi connectivity index (χ0) is 10.7. The second-order valence-electron chi connectivity index (χ2n) is 3.28. The van der Waals surface area contributed by atoms with Gasteiger partial charge in [-0.2, -0.15) is 0 Å². The molecule has 0 aliphatic rings. The Bertz CT molecular complexity index is 336. The maximum Gasteiger partial charge on any atom is 0.334 e. The third kappa shape index (κ3) is 2.03. The Kier molecular flexibility index (Phi) is 3.09. The Hall–Kier alpha value is -1.55. The molecule has 0 radical (unpaired) electrons. The molecule has 0 saturated heterocycles. The van der Waals surface area contributed by atoms with E-state index in [1.54, 1.807) is 19.1 Å². The molecule has 0 aliphatic heterocycles. The topological polar surface area (TPSA) is 49.6 Å². The number of urea groups is 1. The quantitative estimate of drug-likeness (QED) is 0.721. The van der Waals surface area contributed by atoms with E-state index in [0.29, 0.717) is 0 Å². The van der Waals surface area contributed by atoms with Crippen LogP contribution in [0.2, 0.25) is 0 Å². The monoisotopic (exact) mass is 193 g/mol. The molecule has 1 aromatic rings. The largest absolute Gasteiger partial charge is 0.350 e. The lowest BCUT2D eigenvalue weighted by atomic mass is 10.2. The van der Waals surface area contributed by atoms with Crippen molar-refractivity contribution in [3.05, 3.63) is 29.8 Å². The molecule has 1 rings (SSSR count). The van der Waals surface area contributed by atoms with E-state index in [1.807, 2.05) is 31.2 Å². The molecule has 0 fully saturated rings. The molecule has 2 N–H and O–H groups in total. The average Bonchev–Trinajstić information content (AvgIpc) is 2.07. The molecular formula is C10H15N3O. The fourth-order valence-corrected chi connectivity index (χ4v) is 1.33. The molecule has 1 aromatic carbocycles. The molecule has 2 amide bonds. The molecule has 4 heteroatoms. The van der Waals surface area contributed by atoms with Gasteiger partial charge in [0.05, 0.1) is 5.69 Å². The smallest absolute Gasteiger partial charge is 0.334 e. The number of primary amides is 1. The second kappa shape index (κ2) is 4.11. The maximum absolute atomic E-state index is 11.2. The van der Waals surface area contributed by atoms with Crippen LogP contribution in [0, 0.1) is 6.92 Å². The Morgan fingerprint density at radius 1 is 1.29 bits per heavy atom. The van der Waals surface area contributed by atoms with Crippen LogP contribution in [0.25, 0.3) is 0 Å². The number of nitrogens with two attached hydrogens (primary N) is 1. The van der Waals surface area contributed by atoms with Gasteiger partial charge in [0.2, 0.25) is 0 Å². The van der Waals surface area contributed by atoms with Gasteiger partial charge in [-0.05, 0) is 18.6 Å². The summed E-state index contributed by atoms with van der Waals surface area (Å²) in [6.45, 7) is 1.94. The average molecular weight is 193 g/mol. The number of carbonyl (C=O) groups excluding carboxylic acids is 1. The van der Waals surface area contributed by atoms with E-state index in [0.717, 1.165) is 11.3 Å². The SMILES string of the molecule is Cc1ccccc1N(C(N)=O)N(C)C. The van der Waals surface area contributed by atoms with Gasteiger partial charge in [0, 0.05) is 14.1 Å². The predicted molar refractivity (Wildman–Crippen MR) is 56.9 cm³/mol. The van der Waals surface area contributed by atoms with E-state index in [9.17, 15) is 4.79 Å². The van der Waals surface area contributed by atoms with Crippen LogP contribution in [0.4, 0.5) is 10.5 Å². The Morgan fingerprint density at radius 3 is 2.29 bits per heavy atom. The highest BCUT2D eigenvalue weighted by Gasteiger charge is 2.15. The zero-order valence-electron chi connectivity index (χ0n) is 8.69. The number of anilines is 1. The fraction of sp³-hybridized carbons (Fsp3) is 0.300. The molecule has 76 valence electrons. The highest BCUT2D eigenvalue weighted by molar-refractivity contribution is 5.90. The van der Waals surface area contributed by atoms with Crippen molar-refractivity contribution in [2.75, 3.05) is 19.1 Å². The summed E-state index contributed by atoms with van der Waals surface area (Å²) < 4.78 is 0. The molecule has 14 heavy (non-hydrogen) atoms. The first kappa shape index (κ1) is 10.5. The predicted octanol–water partition coefficient (Wildman–Crippen LogP) is 1.36. The van der Waals surface area contributed by atoms with Crippen molar-refractivity contribution in [3.63, 3.8) is 0 Å². The number of aryl methyl sites for hydroxylation is 1. The standard InChI is InChI=1S/C10H15N3O/c1-8-6-4-5-7-9(8)13(10(11)14)12(2)3/h4-7H,1-3H3,(H2,11,14). The van der Waals surface area contributed by atoms with Crippen LogP contribution < -0.4 is 10.7 Å². The molecule has 0 unspecified atom stereocenters. The van der Waals surface area contributed by atoms with Gasteiger partial charge in [0.25, 0.3) is 0 Å². The van der Waals surface area contributed by atoms with Crippen LogP contribution in [0.1, 0.15) is 5.56 Å². The number of amides is 2. The van der Waals surface area contributed by atoms with Gasteiger partial charge >= 0.3 is 6.03 Å². The zero-order valence-corrected chi connectivity index (χ0v) is 8.69. The van der Waals surface area contributed by atoms with Crippen molar-refractivity contribution in [2.45, 2.75) is 6.92 Å². The highest BCUT2D eigenvalue weighted by atomic mass is 16.2. The lowest BCUT2D eigenvalue weighted by Gasteiger charge is -2.28. The Morgan fingerprint density at radius 2 is 1.86 bits per heavy atom. The van der Waals surface area contributed by atoms with Gasteiger partial charge in [0.15, 0.2) is 0 Å². The van der Waals surface area contributed by atoms with Gasteiger partial charge in [-0.1, -0.05) is 18.2 Å². The molecular weight excluding hydrogens is 178 g/mol. The molecule has 4 nitrogen and oxygen atoms in total. The van der Waals surface area contributed by atoms with Crippen molar-refractivity contribution in [2.24, 2.45) is 5.73 Å². The van der Waals surface area contributed by atoms with E-state index in [4.69, 9.17) is 5.73 Å². The third-order valence-electron chi connectivity index (χ3n) is 1.95. The number of rotatable bonds is 2. The third-order valence-corrected chi connectivity index (χ3v) is 1.95. The van der Waals surface area contributed by atoms with Gasteiger partial charge in [0.1, 0.15) is 0 Å². The van der Waals surface area contributed by atoms with Gasteiger partial charge in [-0.15, -0.1) is 0 Å². The van der Waals surface area contributed by atoms with Crippen LogP contribution in [0.3, 0.4) is 0 Å². The number of para-hydroxylation sites is 1. The molecule has 0 heterocycles. The number of hydrogen-bond acceptors (Lipinski definition) is 2. The van der Waals surface area contributed by atoms with E-state index in [2.05, 4.69) is 0 Å². The van der Waals surface area contributed by atoms with Gasteiger partial charge in [-0.3, -0.25) is 0 Å². The van der Waals surface area contributed by atoms with Crippen molar-refractivity contribution in [1.82, 2.24) is 5.01 Å². The minimum Gasteiger partial charge on any atom is -0.350 e. The van der Waals surface area contributed by atoms with Crippen molar-refractivity contribution < 1.29 is 4.79 Å². The maximum atomic E-state index is 11.2. The van der Waals surface area contributed by atoms with E-state index >= 15 is 0 Å². The van der Waals surface area contributed by atoms with Crippen LogP contribution in [-0.2, 0) is 0 Å². The number of hydrogen-bond donors (Lipinski definition) is 1. The first-order chi connectivity index (χ1) is 6.54. The van der Waals surface area contributed by atoms with E-state index in [-0.39, 0.29) is 0 Å². The number of nitrogens with zero attached hydrogens (tertiary/aromatic N) is 2. The fourth-order valence-electron chi connectivity index (χ4n) is 1.33. The second-order valence-corrected chi connectivity index (χ2v) is 3.28. The van der Waals surface area contributed by atoms with Gasteiger partial charge in [-0.25, -0.2) is 14.8 Å². The summed E-state index contributed by atoms with van der Waals surface area (Å²) in [6, 6.07) is 7.12. The van der Waals surface area contributed by atoms with E-state index in [1.165, 1.54) is 5.01 Å².